The number of hydrogen-bond acceptors (Lipinski definition) is 5. The molecule has 5 heteroatoms. The number of para-hydroxylation sites is 1. The number of aryl methyl sites for hydroxylation is 1. The number of methoxy groups -OCH3 is 2. The zero-order valence-electron chi connectivity index (χ0n) is 14.1. The number of ether oxygens (including phenoxy) is 2. The number of carbonyl (C=O) groups excluding carboxylic acids is 2. The Hall–Kier alpha value is -2.82. The lowest BCUT2D eigenvalue weighted by atomic mass is 10.1. The van der Waals surface area contributed by atoms with Gasteiger partial charge in [-0.2, -0.15) is 0 Å². The highest BCUT2D eigenvalue weighted by Gasteiger charge is 2.18. The Morgan fingerprint density at radius 2 is 1.62 bits per heavy atom. The van der Waals surface area contributed by atoms with Crippen molar-refractivity contribution in [1.82, 2.24) is 0 Å². The molecule has 24 heavy (non-hydrogen) atoms. The molecule has 0 saturated heterocycles. The normalized spacial score (nSPS) is 10.1. The van der Waals surface area contributed by atoms with Gasteiger partial charge >= 0.3 is 11.9 Å². The molecule has 0 fully saturated rings. The zero-order chi connectivity index (χ0) is 17.5. The molecule has 0 bridgehead atoms. The Kier molecular flexibility index (Phi) is 5.95. The predicted octanol–water partition coefficient (Wildman–Crippen LogP) is 2.96. The molecule has 2 aromatic carbocycles. The number of carbonyl (C=O) groups is 2. The summed E-state index contributed by atoms with van der Waals surface area (Å²) >= 11 is 0. The number of anilines is 1. The molecule has 0 amide bonds. The molecule has 126 valence electrons. The van der Waals surface area contributed by atoms with Gasteiger partial charge in [0.1, 0.15) is 6.54 Å². The molecular formula is C19H21NO4. The van der Waals surface area contributed by atoms with Crippen LogP contribution in [0.4, 0.5) is 5.69 Å². The highest BCUT2D eigenvalue weighted by molar-refractivity contribution is 5.91. The quantitative estimate of drug-likeness (QED) is 0.764. The van der Waals surface area contributed by atoms with Crippen molar-refractivity contribution in [3.05, 3.63) is 65.2 Å². The summed E-state index contributed by atoms with van der Waals surface area (Å²) in [7, 11) is 2.72. The lowest BCUT2D eigenvalue weighted by molar-refractivity contribution is -0.139. The summed E-state index contributed by atoms with van der Waals surface area (Å²) in [5, 5.41) is 0. The Balaban J connectivity index is 2.38. The van der Waals surface area contributed by atoms with Gasteiger partial charge in [0.05, 0.1) is 19.8 Å². The smallest absolute Gasteiger partial charge is 0.338 e. The number of benzene rings is 2. The summed E-state index contributed by atoms with van der Waals surface area (Å²) in [5.41, 5.74) is 3.24. The molecule has 0 aliphatic rings. The van der Waals surface area contributed by atoms with Crippen LogP contribution in [0.1, 0.15) is 21.5 Å². The first kappa shape index (κ1) is 17.5. The van der Waals surface area contributed by atoms with Crippen molar-refractivity contribution in [1.29, 1.82) is 0 Å². The van der Waals surface area contributed by atoms with E-state index in [-0.39, 0.29) is 12.5 Å². The fraction of sp³-hybridized carbons (Fsp3) is 0.263. The molecule has 0 aliphatic heterocycles. The third-order valence-electron chi connectivity index (χ3n) is 3.79. The van der Waals surface area contributed by atoms with Crippen LogP contribution >= 0.6 is 0 Å². The average Bonchev–Trinajstić information content (AvgIpc) is 2.61. The van der Waals surface area contributed by atoms with Crippen molar-refractivity contribution in [3.8, 4) is 0 Å². The first-order chi connectivity index (χ1) is 11.6. The highest BCUT2D eigenvalue weighted by Crippen LogP contribution is 2.23. The van der Waals surface area contributed by atoms with Crippen LogP contribution in [0.15, 0.2) is 48.5 Å². The topological polar surface area (TPSA) is 55.8 Å². The molecule has 2 rings (SSSR count). The van der Waals surface area contributed by atoms with Crippen molar-refractivity contribution in [2.45, 2.75) is 13.5 Å². The van der Waals surface area contributed by atoms with Crippen LogP contribution in [-0.4, -0.2) is 32.7 Å². The standard InChI is InChI=1S/C19H21NO4/c1-14-8-4-7-11-17(14)20(13-18(21)23-2)12-15-9-5-6-10-16(15)19(22)24-3/h4-11H,12-13H2,1-3H3. The maximum absolute atomic E-state index is 12.0. The third-order valence-corrected chi connectivity index (χ3v) is 3.79. The second kappa shape index (κ2) is 8.15. The third kappa shape index (κ3) is 4.13. The van der Waals surface area contributed by atoms with Gasteiger partial charge in [-0.3, -0.25) is 4.79 Å². The highest BCUT2D eigenvalue weighted by atomic mass is 16.5. The lowest BCUT2D eigenvalue weighted by Crippen LogP contribution is -2.31. The molecule has 0 heterocycles. The van der Waals surface area contributed by atoms with E-state index in [2.05, 4.69) is 0 Å². The minimum atomic E-state index is -0.395. The van der Waals surface area contributed by atoms with Gasteiger partial charge in [-0.1, -0.05) is 36.4 Å². The van der Waals surface area contributed by atoms with Gasteiger partial charge in [-0.05, 0) is 30.2 Å². The number of esters is 2. The molecule has 5 nitrogen and oxygen atoms in total. The minimum Gasteiger partial charge on any atom is -0.468 e. The van der Waals surface area contributed by atoms with Gasteiger partial charge in [0.25, 0.3) is 0 Å². The summed E-state index contributed by atoms with van der Waals surface area (Å²) in [6, 6.07) is 15.0. The van der Waals surface area contributed by atoms with Crippen LogP contribution in [0.2, 0.25) is 0 Å². The molecule has 0 atom stereocenters. The summed E-state index contributed by atoms with van der Waals surface area (Å²) in [5.74, 6) is -0.734. The maximum atomic E-state index is 12.0. The van der Waals surface area contributed by atoms with E-state index in [0.29, 0.717) is 12.1 Å². The van der Waals surface area contributed by atoms with E-state index in [4.69, 9.17) is 9.47 Å². The summed E-state index contributed by atoms with van der Waals surface area (Å²) < 4.78 is 9.65. The molecule has 0 aliphatic carbocycles. The summed E-state index contributed by atoms with van der Waals surface area (Å²) in [6.07, 6.45) is 0. The Morgan fingerprint density at radius 3 is 2.29 bits per heavy atom. The minimum absolute atomic E-state index is 0.0941. The van der Waals surface area contributed by atoms with Crippen molar-refractivity contribution in [2.24, 2.45) is 0 Å². The first-order valence-corrected chi connectivity index (χ1v) is 7.60. The van der Waals surface area contributed by atoms with Crippen LogP contribution in [0, 0.1) is 6.92 Å². The van der Waals surface area contributed by atoms with Gasteiger partial charge in [0.2, 0.25) is 0 Å². The maximum Gasteiger partial charge on any atom is 0.338 e. The lowest BCUT2D eigenvalue weighted by Gasteiger charge is -2.26. The number of nitrogens with zero attached hydrogens (tertiary/aromatic N) is 1. The second-order valence-corrected chi connectivity index (χ2v) is 5.37. The zero-order valence-corrected chi connectivity index (χ0v) is 14.1. The number of rotatable bonds is 6. The fourth-order valence-corrected chi connectivity index (χ4v) is 2.54. The molecule has 0 spiro atoms. The first-order valence-electron chi connectivity index (χ1n) is 7.60. The van der Waals surface area contributed by atoms with Crippen molar-refractivity contribution < 1.29 is 19.1 Å². The SMILES string of the molecule is COC(=O)CN(Cc1ccccc1C(=O)OC)c1ccccc1C. The largest absolute Gasteiger partial charge is 0.468 e. The van der Waals surface area contributed by atoms with Gasteiger partial charge in [0.15, 0.2) is 0 Å². The van der Waals surface area contributed by atoms with Gasteiger partial charge in [0, 0.05) is 12.2 Å². The average molecular weight is 327 g/mol. The van der Waals surface area contributed by atoms with Crippen molar-refractivity contribution in [3.63, 3.8) is 0 Å². The Labute approximate surface area is 141 Å². The predicted molar refractivity (Wildman–Crippen MR) is 92.0 cm³/mol. The molecule has 0 saturated carbocycles. The second-order valence-electron chi connectivity index (χ2n) is 5.37. The molecule has 2 aromatic rings. The molecule has 0 radical (unpaired) electrons. The summed E-state index contributed by atoms with van der Waals surface area (Å²) in [6.45, 7) is 2.47. The summed E-state index contributed by atoms with van der Waals surface area (Å²) in [4.78, 5) is 25.7. The molecule has 0 unspecified atom stereocenters. The van der Waals surface area contributed by atoms with Crippen molar-refractivity contribution >= 4 is 17.6 Å². The van der Waals surface area contributed by atoms with E-state index < -0.39 is 5.97 Å². The Bertz CT molecular complexity index is 727. The van der Waals surface area contributed by atoms with Crippen LogP contribution in [0.25, 0.3) is 0 Å². The van der Waals surface area contributed by atoms with Gasteiger partial charge < -0.3 is 14.4 Å². The van der Waals surface area contributed by atoms with E-state index in [1.807, 2.05) is 48.2 Å². The van der Waals surface area contributed by atoms with E-state index >= 15 is 0 Å². The molecular weight excluding hydrogens is 306 g/mol. The van der Waals surface area contributed by atoms with Crippen LogP contribution in [-0.2, 0) is 20.8 Å². The van der Waals surface area contributed by atoms with Gasteiger partial charge in [-0.15, -0.1) is 0 Å². The number of hydrogen-bond donors (Lipinski definition) is 0. The van der Waals surface area contributed by atoms with E-state index in [9.17, 15) is 9.59 Å². The monoisotopic (exact) mass is 327 g/mol. The molecule has 0 N–H and O–H groups in total. The van der Waals surface area contributed by atoms with Crippen LogP contribution in [0.5, 0.6) is 0 Å². The van der Waals surface area contributed by atoms with E-state index in [0.717, 1.165) is 16.8 Å². The Morgan fingerprint density at radius 1 is 0.958 bits per heavy atom. The fourth-order valence-electron chi connectivity index (χ4n) is 2.54. The van der Waals surface area contributed by atoms with E-state index in [1.165, 1.54) is 14.2 Å². The molecule has 0 aromatic heterocycles. The van der Waals surface area contributed by atoms with Crippen LogP contribution in [0.3, 0.4) is 0 Å². The van der Waals surface area contributed by atoms with Crippen molar-refractivity contribution in [2.75, 3.05) is 25.7 Å². The van der Waals surface area contributed by atoms with Gasteiger partial charge in [-0.25, -0.2) is 4.79 Å². The van der Waals surface area contributed by atoms with Crippen LogP contribution < -0.4 is 4.90 Å². The van der Waals surface area contributed by atoms with E-state index in [1.54, 1.807) is 12.1 Å².